The molecule has 3 nitrogen and oxygen atoms in total. The van der Waals surface area contributed by atoms with Gasteiger partial charge in [0.25, 0.3) is 5.91 Å². The van der Waals surface area contributed by atoms with E-state index in [2.05, 4.69) is 24.3 Å². The first kappa shape index (κ1) is 13.9. The summed E-state index contributed by atoms with van der Waals surface area (Å²) in [5.41, 5.74) is 3.34. The normalized spacial score (nSPS) is 17.4. The molecule has 0 saturated carbocycles. The van der Waals surface area contributed by atoms with E-state index < -0.39 is 0 Å². The van der Waals surface area contributed by atoms with E-state index in [0.717, 1.165) is 25.0 Å². The average molecular weight is 283 g/mol. The van der Waals surface area contributed by atoms with Crippen molar-refractivity contribution in [1.29, 1.82) is 0 Å². The molecule has 0 fully saturated rings. The first-order valence-electron chi connectivity index (χ1n) is 7.50. The summed E-state index contributed by atoms with van der Waals surface area (Å²) in [6.07, 6.45) is 3.26. The maximum atomic E-state index is 12.8. The van der Waals surface area contributed by atoms with E-state index in [-0.39, 0.29) is 11.9 Å². The summed E-state index contributed by atoms with van der Waals surface area (Å²) in [7, 11) is 1.90. The minimum absolute atomic E-state index is 0.0473. The van der Waals surface area contributed by atoms with Crippen LogP contribution in [-0.2, 0) is 6.42 Å². The Hall–Kier alpha value is -2.03. The van der Waals surface area contributed by atoms with Crippen molar-refractivity contribution in [2.24, 2.45) is 0 Å². The number of hydrogen-bond donors (Lipinski definition) is 0. The van der Waals surface area contributed by atoms with Crippen molar-refractivity contribution < 1.29 is 9.21 Å². The molecule has 0 bridgehead atoms. The van der Waals surface area contributed by atoms with E-state index in [1.165, 1.54) is 11.1 Å². The first-order valence-corrected chi connectivity index (χ1v) is 7.50. The number of nitrogens with zero attached hydrogens (tertiary/aromatic N) is 1. The molecule has 1 heterocycles. The van der Waals surface area contributed by atoms with E-state index >= 15 is 0 Å². The summed E-state index contributed by atoms with van der Waals surface area (Å²) >= 11 is 0. The average Bonchev–Trinajstić information content (AvgIpc) is 2.84. The molecule has 0 N–H and O–H groups in total. The van der Waals surface area contributed by atoms with Crippen LogP contribution in [0.3, 0.4) is 0 Å². The molecule has 0 aliphatic heterocycles. The standard InChI is InChI=1S/C18H21NO2/c1-12-11-16(13(2)21-12)18(20)19(3)17-10-6-8-14-7-4-5-9-15(14)17/h4-5,7,9,11,17H,6,8,10H2,1-3H3/t17-/m0/s1. The largest absolute Gasteiger partial charge is 0.466 e. The molecular formula is C18H21NO2. The smallest absolute Gasteiger partial charge is 0.257 e. The molecule has 0 spiro atoms. The van der Waals surface area contributed by atoms with E-state index in [1.807, 2.05) is 31.9 Å². The van der Waals surface area contributed by atoms with Crippen LogP contribution in [0, 0.1) is 13.8 Å². The summed E-state index contributed by atoms with van der Waals surface area (Å²) < 4.78 is 5.50. The molecule has 0 radical (unpaired) electrons. The van der Waals surface area contributed by atoms with Crippen molar-refractivity contribution in [2.75, 3.05) is 7.05 Å². The van der Waals surface area contributed by atoms with Gasteiger partial charge in [-0.25, -0.2) is 0 Å². The van der Waals surface area contributed by atoms with Crippen molar-refractivity contribution in [2.45, 2.75) is 39.2 Å². The van der Waals surface area contributed by atoms with Crippen LogP contribution in [0.15, 0.2) is 34.7 Å². The fourth-order valence-corrected chi connectivity index (χ4v) is 3.31. The second-order valence-electron chi connectivity index (χ2n) is 5.85. The SMILES string of the molecule is Cc1cc(C(=O)N(C)[C@H]2CCCc3ccccc32)c(C)o1. The monoisotopic (exact) mass is 283 g/mol. The van der Waals surface area contributed by atoms with Crippen molar-refractivity contribution in [3.05, 3.63) is 58.5 Å². The van der Waals surface area contributed by atoms with Gasteiger partial charge >= 0.3 is 0 Å². The Morgan fingerprint density at radius 2 is 2.05 bits per heavy atom. The quantitative estimate of drug-likeness (QED) is 0.833. The summed E-state index contributed by atoms with van der Waals surface area (Å²) in [4.78, 5) is 14.6. The highest BCUT2D eigenvalue weighted by Gasteiger charge is 2.28. The lowest BCUT2D eigenvalue weighted by molar-refractivity contribution is 0.0713. The van der Waals surface area contributed by atoms with Crippen LogP contribution in [-0.4, -0.2) is 17.9 Å². The van der Waals surface area contributed by atoms with Crippen LogP contribution in [0.5, 0.6) is 0 Å². The second-order valence-corrected chi connectivity index (χ2v) is 5.85. The Kier molecular flexibility index (Phi) is 3.58. The molecule has 1 aromatic heterocycles. The predicted molar refractivity (Wildman–Crippen MR) is 82.4 cm³/mol. The predicted octanol–water partition coefficient (Wildman–Crippen LogP) is 4.05. The fourth-order valence-electron chi connectivity index (χ4n) is 3.31. The Morgan fingerprint density at radius 1 is 1.29 bits per heavy atom. The van der Waals surface area contributed by atoms with Gasteiger partial charge in [-0.05, 0) is 50.3 Å². The van der Waals surface area contributed by atoms with Crippen LogP contribution in [0.1, 0.15) is 51.9 Å². The van der Waals surface area contributed by atoms with Crippen molar-refractivity contribution >= 4 is 5.91 Å². The Morgan fingerprint density at radius 3 is 2.76 bits per heavy atom. The molecule has 3 heteroatoms. The van der Waals surface area contributed by atoms with E-state index in [4.69, 9.17) is 4.42 Å². The maximum Gasteiger partial charge on any atom is 0.257 e. The van der Waals surface area contributed by atoms with Crippen molar-refractivity contribution in [3.8, 4) is 0 Å². The number of aryl methyl sites for hydroxylation is 3. The van der Waals surface area contributed by atoms with Gasteiger partial charge in [0.05, 0.1) is 11.6 Å². The molecule has 0 unspecified atom stereocenters. The summed E-state index contributed by atoms with van der Waals surface area (Å²) in [5, 5.41) is 0. The zero-order valence-electron chi connectivity index (χ0n) is 12.8. The van der Waals surface area contributed by atoms with Gasteiger partial charge in [0.1, 0.15) is 11.5 Å². The molecule has 110 valence electrons. The highest BCUT2D eigenvalue weighted by Crippen LogP contribution is 2.34. The van der Waals surface area contributed by atoms with Gasteiger partial charge in [-0.15, -0.1) is 0 Å². The Labute approximate surface area is 125 Å². The zero-order chi connectivity index (χ0) is 15.0. The minimum atomic E-state index is 0.0473. The fraction of sp³-hybridized carbons (Fsp3) is 0.389. The molecular weight excluding hydrogens is 262 g/mol. The molecule has 2 aromatic rings. The third-order valence-electron chi connectivity index (χ3n) is 4.40. The molecule has 1 aromatic carbocycles. The lowest BCUT2D eigenvalue weighted by Gasteiger charge is -2.33. The molecule has 0 saturated heterocycles. The maximum absolute atomic E-state index is 12.8. The van der Waals surface area contributed by atoms with Crippen molar-refractivity contribution in [1.82, 2.24) is 4.90 Å². The van der Waals surface area contributed by atoms with Gasteiger partial charge in [-0.2, -0.15) is 0 Å². The van der Waals surface area contributed by atoms with Crippen molar-refractivity contribution in [3.63, 3.8) is 0 Å². The number of hydrogen-bond acceptors (Lipinski definition) is 2. The van der Waals surface area contributed by atoms with Crippen LogP contribution < -0.4 is 0 Å². The third-order valence-corrected chi connectivity index (χ3v) is 4.40. The van der Waals surface area contributed by atoms with Crippen LogP contribution in [0.4, 0.5) is 0 Å². The molecule has 3 rings (SSSR count). The van der Waals surface area contributed by atoms with Gasteiger partial charge in [0.2, 0.25) is 0 Å². The summed E-state index contributed by atoms with van der Waals surface area (Å²) in [6, 6.07) is 10.5. The molecule has 1 aliphatic carbocycles. The number of carbonyl (C=O) groups is 1. The van der Waals surface area contributed by atoms with E-state index in [0.29, 0.717) is 11.3 Å². The zero-order valence-corrected chi connectivity index (χ0v) is 12.8. The summed E-state index contributed by atoms with van der Waals surface area (Å²) in [6.45, 7) is 3.72. The van der Waals surface area contributed by atoms with Gasteiger partial charge in [0, 0.05) is 7.05 Å². The Balaban J connectivity index is 1.91. The minimum Gasteiger partial charge on any atom is -0.466 e. The number of furan rings is 1. The number of benzene rings is 1. The lowest BCUT2D eigenvalue weighted by atomic mass is 9.87. The highest BCUT2D eigenvalue weighted by atomic mass is 16.3. The van der Waals surface area contributed by atoms with Crippen LogP contribution >= 0.6 is 0 Å². The van der Waals surface area contributed by atoms with E-state index in [9.17, 15) is 4.79 Å². The van der Waals surface area contributed by atoms with Crippen LogP contribution in [0.2, 0.25) is 0 Å². The number of fused-ring (bicyclic) bond motifs is 1. The molecule has 1 atom stereocenters. The third kappa shape index (κ3) is 2.48. The van der Waals surface area contributed by atoms with Gasteiger partial charge in [-0.1, -0.05) is 24.3 Å². The number of carbonyl (C=O) groups excluding carboxylic acids is 1. The lowest BCUT2D eigenvalue weighted by Crippen LogP contribution is -2.33. The van der Waals surface area contributed by atoms with E-state index in [1.54, 1.807) is 0 Å². The number of amides is 1. The highest BCUT2D eigenvalue weighted by molar-refractivity contribution is 5.95. The van der Waals surface area contributed by atoms with Gasteiger partial charge in [0.15, 0.2) is 0 Å². The van der Waals surface area contributed by atoms with Crippen LogP contribution in [0.25, 0.3) is 0 Å². The molecule has 21 heavy (non-hydrogen) atoms. The molecule has 1 aliphatic rings. The first-order chi connectivity index (χ1) is 10.1. The Bertz CT molecular complexity index is 672. The summed E-state index contributed by atoms with van der Waals surface area (Å²) in [5.74, 6) is 1.53. The van der Waals surface area contributed by atoms with Gasteiger partial charge < -0.3 is 9.32 Å². The van der Waals surface area contributed by atoms with Gasteiger partial charge in [-0.3, -0.25) is 4.79 Å². The molecule has 1 amide bonds. The topological polar surface area (TPSA) is 33.5 Å². The number of rotatable bonds is 2. The second kappa shape index (κ2) is 5.40.